The Morgan fingerprint density at radius 2 is 2.00 bits per heavy atom. The summed E-state index contributed by atoms with van der Waals surface area (Å²) in [7, 11) is 1.65. The SMILES string of the molecule is COCCOCCc1nc(N)cc(C(C)C)n1. The first-order chi connectivity index (χ1) is 8.13. The van der Waals surface area contributed by atoms with Crippen molar-refractivity contribution in [2.45, 2.75) is 26.2 Å². The standard InChI is InChI=1S/C12H21N3O2/c1-9(2)10-8-11(13)15-12(14-10)4-5-17-7-6-16-3/h8-9H,4-7H2,1-3H3,(H2,13,14,15). The molecule has 5 nitrogen and oxygen atoms in total. The lowest BCUT2D eigenvalue weighted by molar-refractivity contribution is 0.0716. The molecule has 0 aliphatic rings. The van der Waals surface area contributed by atoms with E-state index in [-0.39, 0.29) is 0 Å². The van der Waals surface area contributed by atoms with Crippen LogP contribution >= 0.6 is 0 Å². The molecule has 1 aromatic rings. The number of hydrogen-bond donors (Lipinski definition) is 1. The Balaban J connectivity index is 2.47. The molecule has 0 fully saturated rings. The van der Waals surface area contributed by atoms with E-state index in [0.29, 0.717) is 38.0 Å². The predicted octanol–water partition coefficient (Wildman–Crippen LogP) is 1.39. The summed E-state index contributed by atoms with van der Waals surface area (Å²) < 4.78 is 10.3. The van der Waals surface area contributed by atoms with E-state index >= 15 is 0 Å². The molecule has 0 aromatic carbocycles. The van der Waals surface area contributed by atoms with Gasteiger partial charge in [-0.1, -0.05) is 13.8 Å². The van der Waals surface area contributed by atoms with Crippen LogP contribution in [-0.2, 0) is 15.9 Å². The van der Waals surface area contributed by atoms with Crippen LogP contribution in [0.1, 0.15) is 31.3 Å². The molecule has 0 spiro atoms. The lowest BCUT2D eigenvalue weighted by atomic mass is 10.1. The molecule has 5 heteroatoms. The molecule has 17 heavy (non-hydrogen) atoms. The highest BCUT2D eigenvalue weighted by Crippen LogP contribution is 2.13. The summed E-state index contributed by atoms with van der Waals surface area (Å²) in [6.07, 6.45) is 0.675. The zero-order valence-electron chi connectivity index (χ0n) is 10.8. The first-order valence-electron chi connectivity index (χ1n) is 5.83. The zero-order chi connectivity index (χ0) is 12.7. The number of nitrogens with two attached hydrogens (primary N) is 1. The smallest absolute Gasteiger partial charge is 0.133 e. The van der Waals surface area contributed by atoms with Crippen LogP contribution in [0.3, 0.4) is 0 Å². The van der Waals surface area contributed by atoms with Crippen molar-refractivity contribution in [1.82, 2.24) is 9.97 Å². The van der Waals surface area contributed by atoms with E-state index in [2.05, 4.69) is 23.8 Å². The van der Waals surface area contributed by atoms with Gasteiger partial charge in [0.05, 0.1) is 19.8 Å². The molecular weight excluding hydrogens is 218 g/mol. The van der Waals surface area contributed by atoms with Crippen LogP contribution < -0.4 is 5.73 Å². The maximum atomic E-state index is 5.74. The van der Waals surface area contributed by atoms with Crippen molar-refractivity contribution < 1.29 is 9.47 Å². The number of methoxy groups -OCH3 is 1. The van der Waals surface area contributed by atoms with E-state index in [1.165, 1.54) is 0 Å². The van der Waals surface area contributed by atoms with Crippen LogP contribution in [0.4, 0.5) is 5.82 Å². The Morgan fingerprint density at radius 1 is 1.24 bits per heavy atom. The average molecular weight is 239 g/mol. The summed E-state index contributed by atoms with van der Waals surface area (Å²) in [5.41, 5.74) is 6.71. The predicted molar refractivity (Wildman–Crippen MR) is 66.9 cm³/mol. The van der Waals surface area contributed by atoms with Gasteiger partial charge in [-0.3, -0.25) is 0 Å². The van der Waals surface area contributed by atoms with Crippen LogP contribution in [0, 0.1) is 0 Å². The summed E-state index contributed by atoms with van der Waals surface area (Å²) >= 11 is 0. The first-order valence-corrected chi connectivity index (χ1v) is 5.83. The van der Waals surface area contributed by atoms with E-state index in [9.17, 15) is 0 Å². The molecule has 96 valence electrons. The fourth-order valence-electron chi connectivity index (χ4n) is 1.35. The highest BCUT2D eigenvalue weighted by atomic mass is 16.5. The molecule has 0 atom stereocenters. The van der Waals surface area contributed by atoms with Gasteiger partial charge >= 0.3 is 0 Å². The van der Waals surface area contributed by atoms with Crippen LogP contribution in [0.5, 0.6) is 0 Å². The lowest BCUT2D eigenvalue weighted by Crippen LogP contribution is -2.09. The normalized spacial score (nSPS) is 11.1. The Bertz CT molecular complexity index is 343. The second-order valence-electron chi connectivity index (χ2n) is 4.14. The van der Waals surface area contributed by atoms with Crippen molar-refractivity contribution in [2.75, 3.05) is 32.7 Å². The van der Waals surface area contributed by atoms with Crippen LogP contribution in [-0.4, -0.2) is 36.9 Å². The maximum absolute atomic E-state index is 5.74. The van der Waals surface area contributed by atoms with Gasteiger partial charge in [-0.15, -0.1) is 0 Å². The van der Waals surface area contributed by atoms with Gasteiger partial charge in [0.25, 0.3) is 0 Å². The van der Waals surface area contributed by atoms with Crippen molar-refractivity contribution in [3.63, 3.8) is 0 Å². The van der Waals surface area contributed by atoms with Crippen molar-refractivity contribution in [3.05, 3.63) is 17.6 Å². The number of ether oxygens (including phenoxy) is 2. The Kier molecular flexibility index (Phi) is 5.86. The molecular formula is C12H21N3O2. The number of nitrogen functional groups attached to an aromatic ring is 1. The van der Waals surface area contributed by atoms with Crippen LogP contribution in [0.15, 0.2) is 6.07 Å². The first kappa shape index (κ1) is 13.9. The fraction of sp³-hybridized carbons (Fsp3) is 0.667. The number of nitrogens with zero attached hydrogens (tertiary/aromatic N) is 2. The molecule has 1 heterocycles. The van der Waals surface area contributed by atoms with E-state index < -0.39 is 0 Å². The molecule has 0 aliphatic heterocycles. The average Bonchev–Trinajstić information content (AvgIpc) is 2.28. The molecule has 1 aromatic heterocycles. The Hall–Kier alpha value is -1.20. The highest BCUT2D eigenvalue weighted by Gasteiger charge is 2.06. The van der Waals surface area contributed by atoms with E-state index in [0.717, 1.165) is 11.5 Å². The summed E-state index contributed by atoms with van der Waals surface area (Å²) in [6, 6.07) is 1.82. The van der Waals surface area contributed by atoms with Crippen molar-refractivity contribution in [3.8, 4) is 0 Å². The van der Waals surface area contributed by atoms with Gasteiger partial charge in [-0.2, -0.15) is 0 Å². The lowest BCUT2D eigenvalue weighted by Gasteiger charge is -2.08. The molecule has 0 bridgehead atoms. The summed E-state index contributed by atoms with van der Waals surface area (Å²) in [4.78, 5) is 8.64. The van der Waals surface area contributed by atoms with Crippen molar-refractivity contribution in [1.29, 1.82) is 0 Å². The number of anilines is 1. The third-order valence-corrected chi connectivity index (χ3v) is 2.31. The summed E-state index contributed by atoms with van der Waals surface area (Å²) in [5, 5.41) is 0. The van der Waals surface area contributed by atoms with Crippen LogP contribution in [0.2, 0.25) is 0 Å². The molecule has 0 amide bonds. The van der Waals surface area contributed by atoms with Gasteiger partial charge in [0.1, 0.15) is 11.6 Å². The third-order valence-electron chi connectivity index (χ3n) is 2.31. The molecule has 0 aliphatic carbocycles. The monoisotopic (exact) mass is 239 g/mol. The summed E-state index contributed by atoms with van der Waals surface area (Å²) in [6.45, 7) is 5.95. The highest BCUT2D eigenvalue weighted by molar-refractivity contribution is 5.31. The molecule has 0 unspecified atom stereocenters. The number of rotatable bonds is 7. The van der Waals surface area contributed by atoms with Crippen molar-refractivity contribution in [2.24, 2.45) is 0 Å². The largest absolute Gasteiger partial charge is 0.384 e. The van der Waals surface area contributed by atoms with Crippen molar-refractivity contribution >= 4 is 5.82 Å². The molecule has 0 radical (unpaired) electrons. The van der Waals surface area contributed by atoms with E-state index in [1.807, 2.05) is 6.07 Å². The second kappa shape index (κ2) is 7.19. The van der Waals surface area contributed by atoms with Gasteiger partial charge in [0.15, 0.2) is 0 Å². The minimum absolute atomic E-state index is 0.355. The quantitative estimate of drug-likeness (QED) is 0.728. The van der Waals surface area contributed by atoms with Gasteiger partial charge < -0.3 is 15.2 Å². The molecule has 0 saturated heterocycles. The number of aromatic nitrogens is 2. The van der Waals surface area contributed by atoms with Gasteiger partial charge in [0.2, 0.25) is 0 Å². The Labute approximate surface area is 102 Å². The van der Waals surface area contributed by atoms with Crippen LogP contribution in [0.25, 0.3) is 0 Å². The van der Waals surface area contributed by atoms with Gasteiger partial charge in [-0.05, 0) is 5.92 Å². The molecule has 0 saturated carbocycles. The fourth-order valence-corrected chi connectivity index (χ4v) is 1.35. The minimum Gasteiger partial charge on any atom is -0.384 e. The minimum atomic E-state index is 0.355. The molecule has 1 rings (SSSR count). The maximum Gasteiger partial charge on any atom is 0.133 e. The summed E-state index contributed by atoms with van der Waals surface area (Å²) in [5.74, 6) is 1.62. The topological polar surface area (TPSA) is 70.3 Å². The number of hydrogen-bond acceptors (Lipinski definition) is 5. The third kappa shape index (κ3) is 5.10. The zero-order valence-corrected chi connectivity index (χ0v) is 10.8. The van der Waals surface area contributed by atoms with Gasteiger partial charge in [-0.25, -0.2) is 9.97 Å². The molecule has 2 N–H and O–H groups in total. The van der Waals surface area contributed by atoms with Gasteiger partial charge in [0, 0.05) is 25.3 Å². The Morgan fingerprint density at radius 3 is 2.65 bits per heavy atom. The van der Waals surface area contributed by atoms with E-state index in [4.69, 9.17) is 15.2 Å². The van der Waals surface area contributed by atoms with E-state index in [1.54, 1.807) is 7.11 Å². The second-order valence-corrected chi connectivity index (χ2v) is 4.14.